The second-order valence-electron chi connectivity index (χ2n) is 5.91. The molecule has 2 fully saturated rings. The third-order valence-corrected chi connectivity index (χ3v) is 4.56. The highest BCUT2D eigenvalue weighted by atomic mass is 16.3. The molecule has 1 N–H and O–H groups in total. The monoisotopic (exact) mass is 284 g/mol. The van der Waals surface area contributed by atoms with Crippen LogP contribution in [0.2, 0.25) is 0 Å². The summed E-state index contributed by atoms with van der Waals surface area (Å²) < 4.78 is 5.32. The van der Waals surface area contributed by atoms with Gasteiger partial charge in [0.2, 0.25) is 0 Å². The molecule has 2 aliphatic rings. The number of hydrogen-bond donors (Lipinski definition) is 1. The van der Waals surface area contributed by atoms with Crippen molar-refractivity contribution in [2.75, 3.05) is 19.6 Å². The summed E-state index contributed by atoms with van der Waals surface area (Å²) >= 11 is 0. The van der Waals surface area contributed by atoms with E-state index in [9.17, 15) is 9.59 Å². The number of carbonyl (C=O) groups excluding carboxylic acids is 2. The fourth-order valence-corrected chi connectivity index (χ4v) is 3.46. The van der Waals surface area contributed by atoms with Crippen molar-refractivity contribution in [1.82, 2.24) is 10.2 Å². The lowest BCUT2D eigenvalue weighted by molar-refractivity contribution is 0.0924. The van der Waals surface area contributed by atoms with Crippen molar-refractivity contribution in [3.8, 4) is 0 Å². The molecule has 5 nitrogen and oxygen atoms in total. The zero-order chi connectivity index (χ0) is 14.4. The molecular formula is C16H16N2O3. The molecule has 2 bridgehead atoms. The molecule has 0 aliphatic carbocycles. The Balaban J connectivity index is 1.54. The van der Waals surface area contributed by atoms with Crippen LogP contribution in [0, 0.1) is 5.92 Å². The van der Waals surface area contributed by atoms with E-state index in [0.29, 0.717) is 23.4 Å². The Hall–Kier alpha value is -2.14. The molecule has 2 aromatic rings. The lowest BCUT2D eigenvalue weighted by Gasteiger charge is -2.23. The number of benzene rings is 1. The van der Waals surface area contributed by atoms with Crippen LogP contribution in [0.15, 0.2) is 28.7 Å². The average molecular weight is 284 g/mol. The molecule has 3 heterocycles. The van der Waals surface area contributed by atoms with Gasteiger partial charge in [-0.05, 0) is 43.1 Å². The van der Waals surface area contributed by atoms with Crippen molar-refractivity contribution in [1.29, 1.82) is 0 Å². The van der Waals surface area contributed by atoms with E-state index in [-0.39, 0.29) is 17.7 Å². The van der Waals surface area contributed by atoms with Gasteiger partial charge in [-0.15, -0.1) is 0 Å². The number of aldehydes is 1. The number of amides is 1. The molecule has 2 saturated heterocycles. The maximum absolute atomic E-state index is 12.4. The number of fused-ring (bicyclic) bond motifs is 3. The first-order valence-electron chi connectivity index (χ1n) is 7.25. The molecule has 4 rings (SSSR count). The molecule has 2 aliphatic heterocycles. The summed E-state index contributed by atoms with van der Waals surface area (Å²) in [5.41, 5.74) is 1.23. The first kappa shape index (κ1) is 12.6. The fourth-order valence-electron chi connectivity index (χ4n) is 3.46. The van der Waals surface area contributed by atoms with Gasteiger partial charge in [-0.3, -0.25) is 9.59 Å². The normalized spacial score (nSPS) is 27.1. The van der Waals surface area contributed by atoms with Crippen molar-refractivity contribution in [3.05, 3.63) is 35.6 Å². The second kappa shape index (κ2) is 4.70. The van der Waals surface area contributed by atoms with Gasteiger partial charge < -0.3 is 14.6 Å². The van der Waals surface area contributed by atoms with Crippen molar-refractivity contribution in [2.45, 2.75) is 12.5 Å². The van der Waals surface area contributed by atoms with E-state index in [2.05, 4.69) is 10.2 Å². The number of carbonyl (C=O) groups is 2. The van der Waals surface area contributed by atoms with Crippen LogP contribution in [-0.2, 0) is 0 Å². The van der Waals surface area contributed by atoms with Gasteiger partial charge in [0.05, 0.1) is 0 Å². The van der Waals surface area contributed by atoms with E-state index < -0.39 is 0 Å². The summed E-state index contributed by atoms with van der Waals surface area (Å²) in [4.78, 5) is 25.5. The minimum atomic E-state index is -0.0514. The molecule has 3 unspecified atom stereocenters. The molecule has 3 atom stereocenters. The van der Waals surface area contributed by atoms with E-state index in [1.165, 1.54) is 6.42 Å². The number of hydrogen-bond acceptors (Lipinski definition) is 4. The van der Waals surface area contributed by atoms with Crippen molar-refractivity contribution in [2.24, 2.45) is 5.92 Å². The van der Waals surface area contributed by atoms with Crippen LogP contribution in [0.4, 0.5) is 0 Å². The zero-order valence-electron chi connectivity index (χ0n) is 11.5. The SMILES string of the molecule is O=Cc1cc2cc(C(=O)NC3CN4CCC3C4)ccc2o1. The molecule has 1 aromatic carbocycles. The summed E-state index contributed by atoms with van der Waals surface area (Å²) in [7, 11) is 0. The smallest absolute Gasteiger partial charge is 0.251 e. The van der Waals surface area contributed by atoms with E-state index in [0.717, 1.165) is 25.0 Å². The summed E-state index contributed by atoms with van der Waals surface area (Å²) in [6.07, 6.45) is 1.85. The molecule has 0 radical (unpaired) electrons. The van der Waals surface area contributed by atoms with Gasteiger partial charge in [0.25, 0.3) is 5.91 Å². The minimum absolute atomic E-state index is 0.0514. The standard InChI is InChI=1S/C16H16N2O3/c19-9-13-6-12-5-10(1-2-15(12)21-13)16(20)17-14-8-18-4-3-11(14)7-18/h1-2,5-6,9,11,14H,3-4,7-8H2,(H,17,20). The third-order valence-electron chi connectivity index (χ3n) is 4.56. The first-order valence-corrected chi connectivity index (χ1v) is 7.25. The van der Waals surface area contributed by atoms with Gasteiger partial charge in [0, 0.05) is 30.1 Å². The summed E-state index contributed by atoms with van der Waals surface area (Å²) in [5, 5.41) is 3.91. The number of piperidine rings is 1. The predicted octanol–water partition coefficient (Wildman–Crippen LogP) is 1.68. The van der Waals surface area contributed by atoms with Crippen LogP contribution in [0.3, 0.4) is 0 Å². The average Bonchev–Trinajstić information content (AvgIpc) is 3.20. The van der Waals surface area contributed by atoms with Gasteiger partial charge in [-0.25, -0.2) is 0 Å². The summed E-state index contributed by atoms with van der Waals surface area (Å²) in [6, 6.07) is 7.17. The van der Waals surface area contributed by atoms with Crippen LogP contribution in [-0.4, -0.2) is 42.8 Å². The van der Waals surface area contributed by atoms with Gasteiger partial charge in [-0.2, -0.15) is 0 Å². The lowest BCUT2D eigenvalue weighted by atomic mass is 9.99. The topological polar surface area (TPSA) is 62.6 Å². The van der Waals surface area contributed by atoms with Crippen LogP contribution < -0.4 is 5.32 Å². The molecule has 1 aromatic heterocycles. The van der Waals surface area contributed by atoms with Crippen molar-refractivity contribution in [3.63, 3.8) is 0 Å². The Morgan fingerprint density at radius 1 is 1.33 bits per heavy atom. The zero-order valence-corrected chi connectivity index (χ0v) is 11.5. The Bertz CT molecular complexity index is 721. The first-order chi connectivity index (χ1) is 10.2. The summed E-state index contributed by atoms with van der Waals surface area (Å²) in [5.74, 6) is 0.821. The van der Waals surface area contributed by atoms with E-state index in [1.54, 1.807) is 24.3 Å². The Morgan fingerprint density at radius 2 is 2.24 bits per heavy atom. The number of nitrogens with zero attached hydrogens (tertiary/aromatic N) is 1. The Kier molecular flexibility index (Phi) is 2.82. The van der Waals surface area contributed by atoms with Crippen LogP contribution in [0.25, 0.3) is 11.0 Å². The quantitative estimate of drug-likeness (QED) is 0.871. The Morgan fingerprint density at radius 3 is 2.95 bits per heavy atom. The van der Waals surface area contributed by atoms with Crippen LogP contribution >= 0.6 is 0 Å². The lowest BCUT2D eigenvalue weighted by Crippen LogP contribution is -2.43. The molecule has 1 amide bonds. The Labute approximate surface area is 121 Å². The van der Waals surface area contributed by atoms with Gasteiger partial charge in [-0.1, -0.05) is 0 Å². The highest BCUT2D eigenvalue weighted by Gasteiger charge is 2.38. The number of nitrogens with one attached hydrogen (secondary N) is 1. The van der Waals surface area contributed by atoms with Gasteiger partial charge in [0.15, 0.2) is 12.0 Å². The number of rotatable bonds is 3. The van der Waals surface area contributed by atoms with E-state index >= 15 is 0 Å². The minimum Gasteiger partial charge on any atom is -0.453 e. The highest BCUT2D eigenvalue weighted by Crippen LogP contribution is 2.28. The number of furan rings is 1. The van der Waals surface area contributed by atoms with Gasteiger partial charge >= 0.3 is 0 Å². The van der Waals surface area contributed by atoms with Crippen LogP contribution in [0.5, 0.6) is 0 Å². The highest BCUT2D eigenvalue weighted by molar-refractivity contribution is 5.98. The summed E-state index contributed by atoms with van der Waals surface area (Å²) in [6.45, 7) is 3.22. The second-order valence-corrected chi connectivity index (χ2v) is 5.91. The van der Waals surface area contributed by atoms with Crippen molar-refractivity contribution >= 4 is 23.2 Å². The maximum Gasteiger partial charge on any atom is 0.251 e. The van der Waals surface area contributed by atoms with Crippen LogP contribution in [0.1, 0.15) is 27.3 Å². The van der Waals surface area contributed by atoms with Gasteiger partial charge in [0.1, 0.15) is 5.58 Å². The fraction of sp³-hybridized carbons (Fsp3) is 0.375. The van der Waals surface area contributed by atoms with Crippen molar-refractivity contribution < 1.29 is 14.0 Å². The predicted molar refractivity (Wildman–Crippen MR) is 77.4 cm³/mol. The molecule has 5 heteroatoms. The third kappa shape index (κ3) is 2.14. The molecular weight excluding hydrogens is 268 g/mol. The molecule has 0 saturated carbocycles. The largest absolute Gasteiger partial charge is 0.453 e. The molecule has 0 spiro atoms. The molecule has 21 heavy (non-hydrogen) atoms. The van der Waals surface area contributed by atoms with E-state index in [1.807, 2.05) is 0 Å². The van der Waals surface area contributed by atoms with E-state index in [4.69, 9.17) is 4.42 Å². The molecule has 108 valence electrons. The maximum atomic E-state index is 12.4.